The largest absolute Gasteiger partial charge is 0.370 e. The average molecular weight is 381 g/mol. The summed E-state index contributed by atoms with van der Waals surface area (Å²) < 4.78 is 0. The number of nitrogens with zero attached hydrogens (tertiary/aromatic N) is 1. The summed E-state index contributed by atoms with van der Waals surface area (Å²) in [4.78, 5) is 4.33. The molecule has 3 nitrogen and oxygen atoms in total. The molecule has 0 bridgehead atoms. The third kappa shape index (κ3) is 5.21. The molecule has 0 saturated carbocycles. The number of benzene rings is 2. The van der Waals surface area contributed by atoms with Gasteiger partial charge in [-0.2, -0.15) is 0 Å². The fourth-order valence-electron chi connectivity index (χ4n) is 1.99. The zero-order chi connectivity index (χ0) is 13.7. The first-order chi connectivity index (χ1) is 9.13. The second-order valence-corrected chi connectivity index (χ2v) is 4.69. The van der Waals surface area contributed by atoms with Crippen LogP contribution >= 0.6 is 24.0 Å². The first kappa shape index (κ1) is 16.5. The van der Waals surface area contributed by atoms with Crippen LogP contribution in [0.15, 0.2) is 53.5 Å². The molecule has 3 N–H and O–H groups in total. The average Bonchev–Trinajstić information content (AvgIpc) is 2.36. The van der Waals surface area contributed by atoms with Gasteiger partial charge in [0.2, 0.25) is 0 Å². The second kappa shape index (κ2) is 7.89. The highest BCUT2D eigenvalue weighted by Gasteiger charge is 1.97. The van der Waals surface area contributed by atoms with Crippen LogP contribution in [0.1, 0.15) is 16.7 Å². The van der Waals surface area contributed by atoms with Crippen LogP contribution in [0.4, 0.5) is 5.69 Å². The Morgan fingerprint density at radius 1 is 1.05 bits per heavy atom. The van der Waals surface area contributed by atoms with Gasteiger partial charge in [-0.15, -0.1) is 24.0 Å². The predicted octanol–water partition coefficient (Wildman–Crippen LogP) is 3.85. The van der Waals surface area contributed by atoms with Gasteiger partial charge in [0.1, 0.15) is 0 Å². The number of halogens is 1. The molecule has 0 saturated heterocycles. The van der Waals surface area contributed by atoms with Gasteiger partial charge in [0.15, 0.2) is 5.96 Å². The van der Waals surface area contributed by atoms with Gasteiger partial charge in [-0.3, -0.25) is 0 Å². The van der Waals surface area contributed by atoms with Crippen LogP contribution in [-0.2, 0) is 6.54 Å². The van der Waals surface area contributed by atoms with E-state index in [2.05, 4.69) is 42.4 Å². The maximum absolute atomic E-state index is 5.89. The lowest BCUT2D eigenvalue weighted by molar-refractivity contribution is 1.06. The lowest BCUT2D eigenvalue weighted by atomic mass is 10.1. The quantitative estimate of drug-likeness (QED) is 0.482. The molecule has 0 amide bonds. The van der Waals surface area contributed by atoms with E-state index < -0.39 is 0 Å². The number of hydrogen-bond donors (Lipinski definition) is 2. The summed E-state index contributed by atoms with van der Waals surface area (Å²) in [7, 11) is 0. The molecule has 106 valence electrons. The van der Waals surface area contributed by atoms with E-state index in [1.807, 2.05) is 30.3 Å². The lowest BCUT2D eigenvalue weighted by Gasteiger charge is -2.08. The number of anilines is 1. The Bertz CT molecular complexity index is 559. The van der Waals surface area contributed by atoms with Crippen molar-refractivity contribution in [3.8, 4) is 0 Å². The van der Waals surface area contributed by atoms with Crippen molar-refractivity contribution in [1.29, 1.82) is 0 Å². The topological polar surface area (TPSA) is 50.4 Å². The fourth-order valence-corrected chi connectivity index (χ4v) is 1.99. The van der Waals surface area contributed by atoms with Gasteiger partial charge in [-0.25, -0.2) is 4.99 Å². The second-order valence-electron chi connectivity index (χ2n) is 4.69. The third-order valence-corrected chi connectivity index (χ3v) is 2.77. The minimum absolute atomic E-state index is 0. The number of nitrogens with one attached hydrogen (secondary N) is 1. The Balaban J connectivity index is 0.00000200. The van der Waals surface area contributed by atoms with Crippen LogP contribution in [0.25, 0.3) is 0 Å². The van der Waals surface area contributed by atoms with Gasteiger partial charge in [0.25, 0.3) is 0 Å². The first-order valence-corrected chi connectivity index (χ1v) is 6.32. The highest BCUT2D eigenvalue weighted by Crippen LogP contribution is 2.13. The predicted molar refractivity (Wildman–Crippen MR) is 96.7 cm³/mol. The first-order valence-electron chi connectivity index (χ1n) is 6.32. The van der Waals surface area contributed by atoms with Crippen LogP contribution in [0, 0.1) is 13.8 Å². The van der Waals surface area contributed by atoms with E-state index in [1.165, 1.54) is 11.1 Å². The minimum atomic E-state index is 0. The van der Waals surface area contributed by atoms with Crippen molar-refractivity contribution >= 4 is 35.6 Å². The molecule has 0 atom stereocenters. The van der Waals surface area contributed by atoms with E-state index in [0.717, 1.165) is 11.3 Å². The molecule has 2 aromatic rings. The van der Waals surface area contributed by atoms with Crippen LogP contribution in [0.3, 0.4) is 0 Å². The molecule has 0 aliphatic carbocycles. The number of nitrogens with two attached hydrogens (primary N) is 1. The summed E-state index contributed by atoms with van der Waals surface area (Å²) in [5.74, 6) is 0.439. The smallest absolute Gasteiger partial charge is 0.193 e. The highest BCUT2D eigenvalue weighted by molar-refractivity contribution is 14.0. The van der Waals surface area contributed by atoms with Gasteiger partial charge in [0.05, 0.1) is 6.54 Å². The maximum atomic E-state index is 5.89. The van der Waals surface area contributed by atoms with E-state index >= 15 is 0 Å². The van der Waals surface area contributed by atoms with Crippen LogP contribution in [-0.4, -0.2) is 5.96 Å². The number of aryl methyl sites for hydroxylation is 2. The molecule has 0 heterocycles. The molecule has 4 heteroatoms. The molecule has 0 spiro atoms. The highest BCUT2D eigenvalue weighted by atomic mass is 127. The van der Waals surface area contributed by atoms with E-state index in [-0.39, 0.29) is 24.0 Å². The normalized spacial score (nSPS) is 10.8. The third-order valence-electron chi connectivity index (χ3n) is 2.77. The molecule has 0 aliphatic rings. The van der Waals surface area contributed by atoms with Crippen molar-refractivity contribution in [2.24, 2.45) is 10.7 Å². The monoisotopic (exact) mass is 381 g/mol. The summed E-state index contributed by atoms with van der Waals surface area (Å²) in [5, 5.41) is 3.12. The van der Waals surface area contributed by atoms with E-state index in [0.29, 0.717) is 12.5 Å². The summed E-state index contributed by atoms with van der Waals surface area (Å²) in [6, 6.07) is 16.3. The van der Waals surface area contributed by atoms with E-state index in [9.17, 15) is 0 Å². The Morgan fingerprint density at radius 2 is 1.65 bits per heavy atom. The van der Waals surface area contributed by atoms with Crippen molar-refractivity contribution in [2.75, 3.05) is 5.32 Å². The van der Waals surface area contributed by atoms with Crippen molar-refractivity contribution in [2.45, 2.75) is 20.4 Å². The lowest BCUT2D eigenvalue weighted by Crippen LogP contribution is -2.22. The fraction of sp³-hybridized carbons (Fsp3) is 0.188. The van der Waals surface area contributed by atoms with Gasteiger partial charge in [0, 0.05) is 5.69 Å². The summed E-state index contributed by atoms with van der Waals surface area (Å²) in [6.07, 6.45) is 0. The standard InChI is InChI=1S/C16H19N3.HI/c1-12-8-13(2)10-15(9-12)19-16(17)18-11-14-6-4-3-5-7-14;/h3-10H,11H2,1-2H3,(H3,17,18,19);1H. The Morgan fingerprint density at radius 3 is 2.25 bits per heavy atom. The number of aliphatic imine (C=N–C) groups is 1. The van der Waals surface area contributed by atoms with Gasteiger partial charge < -0.3 is 11.1 Å². The van der Waals surface area contributed by atoms with Crippen molar-refractivity contribution in [3.05, 3.63) is 65.2 Å². The van der Waals surface area contributed by atoms with Gasteiger partial charge >= 0.3 is 0 Å². The molecule has 2 rings (SSSR count). The molecule has 0 fully saturated rings. The Labute approximate surface area is 137 Å². The molecule has 20 heavy (non-hydrogen) atoms. The summed E-state index contributed by atoms with van der Waals surface area (Å²) in [5.41, 5.74) is 10.4. The van der Waals surface area contributed by atoms with Crippen LogP contribution in [0.2, 0.25) is 0 Å². The Kier molecular flexibility index (Phi) is 6.51. The SMILES string of the molecule is Cc1cc(C)cc(NC(N)=NCc2ccccc2)c1.I. The van der Waals surface area contributed by atoms with E-state index in [4.69, 9.17) is 5.73 Å². The van der Waals surface area contributed by atoms with Crippen molar-refractivity contribution in [1.82, 2.24) is 0 Å². The zero-order valence-electron chi connectivity index (χ0n) is 11.8. The zero-order valence-corrected chi connectivity index (χ0v) is 14.1. The number of guanidine groups is 1. The van der Waals surface area contributed by atoms with Gasteiger partial charge in [-0.05, 0) is 42.7 Å². The van der Waals surface area contributed by atoms with E-state index in [1.54, 1.807) is 0 Å². The minimum Gasteiger partial charge on any atom is -0.370 e. The number of rotatable bonds is 3. The van der Waals surface area contributed by atoms with Gasteiger partial charge in [-0.1, -0.05) is 36.4 Å². The van der Waals surface area contributed by atoms with Crippen molar-refractivity contribution < 1.29 is 0 Å². The molecular weight excluding hydrogens is 361 g/mol. The maximum Gasteiger partial charge on any atom is 0.193 e. The summed E-state index contributed by atoms with van der Waals surface area (Å²) >= 11 is 0. The molecular formula is C16H20IN3. The summed E-state index contributed by atoms with van der Waals surface area (Å²) in [6.45, 7) is 4.72. The van der Waals surface area contributed by atoms with Crippen LogP contribution < -0.4 is 11.1 Å². The Hall–Kier alpha value is -1.56. The molecule has 0 radical (unpaired) electrons. The number of hydrogen-bond acceptors (Lipinski definition) is 1. The van der Waals surface area contributed by atoms with Crippen LogP contribution in [0.5, 0.6) is 0 Å². The molecule has 0 aromatic heterocycles. The van der Waals surface area contributed by atoms with Crippen molar-refractivity contribution in [3.63, 3.8) is 0 Å². The molecule has 0 aliphatic heterocycles. The molecule has 0 unspecified atom stereocenters. The molecule has 2 aromatic carbocycles.